The summed E-state index contributed by atoms with van der Waals surface area (Å²) in [5, 5.41) is 0. The number of aliphatic imine (C=N–C) groups is 1. The number of rotatable bonds is 5. The molecule has 0 bridgehead atoms. The fourth-order valence-electron chi connectivity index (χ4n) is 1.25. The van der Waals surface area contributed by atoms with Crippen molar-refractivity contribution in [2.45, 2.75) is 13.8 Å². The van der Waals surface area contributed by atoms with Crippen molar-refractivity contribution in [3.8, 4) is 11.5 Å². The maximum atomic E-state index is 5.59. The van der Waals surface area contributed by atoms with Gasteiger partial charge in [0.2, 0.25) is 5.90 Å². The highest BCUT2D eigenvalue weighted by Gasteiger charge is 2.00. The van der Waals surface area contributed by atoms with E-state index in [-0.39, 0.29) is 0 Å². The van der Waals surface area contributed by atoms with Crippen LogP contribution in [0.3, 0.4) is 0 Å². The van der Waals surface area contributed by atoms with Crippen LogP contribution in [0.4, 0.5) is 0 Å². The largest absolute Gasteiger partial charge is 0.494 e. The smallest absolute Gasteiger partial charge is 0.218 e. The highest BCUT2D eigenvalue weighted by Crippen LogP contribution is 2.19. The first-order valence-electron chi connectivity index (χ1n) is 5.52. The number of benzene rings is 1. The Morgan fingerprint density at radius 1 is 1.41 bits per heavy atom. The van der Waals surface area contributed by atoms with Crippen molar-refractivity contribution < 1.29 is 9.47 Å². The topological polar surface area (TPSA) is 30.8 Å². The number of ether oxygens (including phenoxy) is 2. The van der Waals surface area contributed by atoms with Gasteiger partial charge < -0.3 is 9.47 Å². The van der Waals surface area contributed by atoms with Gasteiger partial charge in [-0.15, -0.1) is 0 Å². The number of nitrogens with zero attached hydrogens (tertiary/aromatic N) is 1. The zero-order chi connectivity index (χ0) is 12.5. The molecule has 17 heavy (non-hydrogen) atoms. The Balaban J connectivity index is 2.82. The van der Waals surface area contributed by atoms with Crippen LogP contribution in [0.2, 0.25) is 0 Å². The van der Waals surface area contributed by atoms with E-state index in [4.69, 9.17) is 9.47 Å². The van der Waals surface area contributed by atoms with Crippen molar-refractivity contribution in [1.29, 1.82) is 0 Å². The molecule has 0 N–H and O–H groups in total. The molecule has 0 aliphatic carbocycles. The lowest BCUT2D eigenvalue weighted by Gasteiger charge is -2.07. The van der Waals surface area contributed by atoms with E-state index in [1.807, 2.05) is 44.2 Å². The lowest BCUT2D eigenvalue weighted by Crippen LogP contribution is -2.04. The highest BCUT2D eigenvalue weighted by molar-refractivity contribution is 5.89. The third-order valence-corrected chi connectivity index (χ3v) is 1.87. The van der Waals surface area contributed by atoms with E-state index in [1.54, 1.807) is 6.08 Å². The minimum atomic E-state index is 0.496. The third kappa shape index (κ3) is 4.55. The minimum Gasteiger partial charge on any atom is -0.494 e. The van der Waals surface area contributed by atoms with E-state index >= 15 is 0 Å². The first-order chi connectivity index (χ1) is 8.30. The van der Waals surface area contributed by atoms with E-state index in [9.17, 15) is 0 Å². The number of allylic oxidation sites excluding steroid dienone is 1. The normalized spacial score (nSPS) is 11.5. The van der Waals surface area contributed by atoms with Gasteiger partial charge in [-0.2, -0.15) is 0 Å². The van der Waals surface area contributed by atoms with Crippen molar-refractivity contribution in [3.05, 3.63) is 49.2 Å². The zero-order valence-corrected chi connectivity index (χ0v) is 10.2. The average molecular weight is 231 g/mol. The monoisotopic (exact) mass is 231 g/mol. The molecular weight excluding hydrogens is 214 g/mol. The molecule has 0 aliphatic heterocycles. The van der Waals surface area contributed by atoms with E-state index in [0.717, 1.165) is 5.75 Å². The molecule has 0 radical (unpaired) electrons. The molecule has 0 heterocycles. The van der Waals surface area contributed by atoms with Crippen LogP contribution in [0.15, 0.2) is 54.2 Å². The predicted octanol–water partition coefficient (Wildman–Crippen LogP) is 3.58. The molecule has 3 nitrogen and oxygen atoms in total. The Bertz CT molecular complexity index is 422. The van der Waals surface area contributed by atoms with Gasteiger partial charge in [-0.3, -0.25) is 0 Å². The first kappa shape index (κ1) is 13.0. The van der Waals surface area contributed by atoms with E-state index in [0.29, 0.717) is 18.3 Å². The summed E-state index contributed by atoms with van der Waals surface area (Å²) in [6, 6.07) is 7.44. The molecule has 0 saturated heterocycles. The molecule has 0 saturated carbocycles. The molecule has 1 aromatic carbocycles. The fourth-order valence-corrected chi connectivity index (χ4v) is 1.25. The average Bonchev–Trinajstić information content (AvgIpc) is 2.30. The summed E-state index contributed by atoms with van der Waals surface area (Å²) < 4.78 is 11.0. The molecule has 1 rings (SSSR count). The summed E-state index contributed by atoms with van der Waals surface area (Å²) in [5.74, 6) is 1.97. The fraction of sp³-hybridized carbons (Fsp3) is 0.214. The van der Waals surface area contributed by atoms with Crippen molar-refractivity contribution in [2.24, 2.45) is 4.99 Å². The number of hydrogen-bond donors (Lipinski definition) is 0. The summed E-state index contributed by atoms with van der Waals surface area (Å²) in [4.78, 5) is 4.02. The molecule has 0 atom stereocenters. The summed E-state index contributed by atoms with van der Waals surface area (Å²) in [6.07, 6.45) is 5.07. The van der Waals surface area contributed by atoms with E-state index in [1.165, 1.54) is 6.20 Å². The van der Waals surface area contributed by atoms with Crippen molar-refractivity contribution >= 4 is 5.90 Å². The van der Waals surface area contributed by atoms with Crippen LogP contribution in [0.5, 0.6) is 11.5 Å². The van der Waals surface area contributed by atoms with E-state index < -0.39 is 0 Å². The molecule has 90 valence electrons. The van der Waals surface area contributed by atoms with Gasteiger partial charge in [-0.05, 0) is 32.1 Å². The lowest BCUT2D eigenvalue weighted by molar-refractivity contribution is 0.339. The second kappa shape index (κ2) is 7.28. The molecule has 0 aliphatic rings. The van der Waals surface area contributed by atoms with E-state index in [2.05, 4.69) is 11.6 Å². The maximum absolute atomic E-state index is 5.59. The van der Waals surface area contributed by atoms with Crippen LogP contribution in [-0.4, -0.2) is 12.5 Å². The van der Waals surface area contributed by atoms with Gasteiger partial charge in [0.05, 0.1) is 6.61 Å². The Labute approximate surface area is 102 Å². The Morgan fingerprint density at radius 3 is 2.82 bits per heavy atom. The van der Waals surface area contributed by atoms with Gasteiger partial charge >= 0.3 is 0 Å². The van der Waals surface area contributed by atoms with Crippen molar-refractivity contribution in [3.63, 3.8) is 0 Å². The van der Waals surface area contributed by atoms with Crippen LogP contribution in [0.25, 0.3) is 0 Å². The second-order valence-corrected chi connectivity index (χ2v) is 3.16. The lowest BCUT2D eigenvalue weighted by atomic mass is 10.3. The summed E-state index contributed by atoms with van der Waals surface area (Å²) >= 11 is 0. The number of hydrogen-bond acceptors (Lipinski definition) is 3. The van der Waals surface area contributed by atoms with Crippen LogP contribution in [0.1, 0.15) is 13.8 Å². The molecule has 0 fully saturated rings. The van der Waals surface area contributed by atoms with Crippen molar-refractivity contribution in [1.82, 2.24) is 0 Å². The molecule has 3 heteroatoms. The summed E-state index contributed by atoms with van der Waals surface area (Å²) in [6.45, 7) is 8.02. The van der Waals surface area contributed by atoms with Gasteiger partial charge in [-0.25, -0.2) is 4.99 Å². The minimum absolute atomic E-state index is 0.496. The Morgan fingerprint density at radius 2 is 2.18 bits per heavy atom. The van der Waals surface area contributed by atoms with Gasteiger partial charge in [0.25, 0.3) is 0 Å². The molecule has 1 aromatic rings. The molecule has 0 spiro atoms. The van der Waals surface area contributed by atoms with Crippen LogP contribution < -0.4 is 9.47 Å². The van der Waals surface area contributed by atoms with Gasteiger partial charge in [0, 0.05) is 12.3 Å². The molecular formula is C14H17NO2. The van der Waals surface area contributed by atoms with Crippen LogP contribution in [0, 0.1) is 0 Å². The zero-order valence-electron chi connectivity index (χ0n) is 10.2. The van der Waals surface area contributed by atoms with Crippen LogP contribution >= 0.6 is 0 Å². The standard InChI is InChI=1S/C14H17NO2/c1-4-8-14(15-5-2)17-13-10-7-9-12(11-13)16-6-3/h4-5,7-11H,2,6H2,1,3H3/b8-4-,15-14+. The second-order valence-electron chi connectivity index (χ2n) is 3.16. The maximum Gasteiger partial charge on any atom is 0.218 e. The molecule has 0 unspecified atom stereocenters. The van der Waals surface area contributed by atoms with Gasteiger partial charge in [0.1, 0.15) is 11.5 Å². The van der Waals surface area contributed by atoms with Crippen LogP contribution in [-0.2, 0) is 0 Å². The predicted molar refractivity (Wildman–Crippen MR) is 70.7 cm³/mol. The molecule has 0 aromatic heterocycles. The summed E-state index contributed by atoms with van der Waals surface area (Å²) in [7, 11) is 0. The van der Waals surface area contributed by atoms with Crippen molar-refractivity contribution in [2.75, 3.05) is 6.61 Å². The first-order valence-corrected chi connectivity index (χ1v) is 5.52. The Hall–Kier alpha value is -2.03. The SMILES string of the molecule is C=C/N=C(\C=C/C)Oc1cccc(OCC)c1. The molecule has 0 amide bonds. The summed E-state index contributed by atoms with van der Waals surface area (Å²) in [5.41, 5.74) is 0. The third-order valence-electron chi connectivity index (χ3n) is 1.87. The van der Waals surface area contributed by atoms with Gasteiger partial charge in [0.15, 0.2) is 0 Å². The Kier molecular flexibility index (Phi) is 5.58. The highest BCUT2D eigenvalue weighted by atomic mass is 16.5. The quantitative estimate of drug-likeness (QED) is 0.573. The van der Waals surface area contributed by atoms with Gasteiger partial charge in [-0.1, -0.05) is 18.7 Å².